The molecule has 3 nitrogen and oxygen atoms in total. The Morgan fingerprint density at radius 2 is 1.94 bits per heavy atom. The van der Waals surface area contributed by atoms with Gasteiger partial charge in [0.2, 0.25) is 10.0 Å². The highest BCUT2D eigenvalue weighted by Gasteiger charge is 2.28. The van der Waals surface area contributed by atoms with E-state index in [2.05, 4.69) is 6.92 Å². The van der Waals surface area contributed by atoms with Gasteiger partial charge in [0.15, 0.2) is 0 Å². The van der Waals surface area contributed by atoms with Crippen molar-refractivity contribution in [2.24, 2.45) is 0 Å². The van der Waals surface area contributed by atoms with E-state index in [0.717, 1.165) is 11.3 Å². The molecular formula is C12H17NO2S2. The van der Waals surface area contributed by atoms with E-state index in [0.29, 0.717) is 23.2 Å². The van der Waals surface area contributed by atoms with Gasteiger partial charge in [0.05, 0.1) is 4.90 Å². The third-order valence-corrected chi connectivity index (χ3v) is 5.88. The van der Waals surface area contributed by atoms with Gasteiger partial charge in [-0.3, -0.25) is 0 Å². The summed E-state index contributed by atoms with van der Waals surface area (Å²) >= 11 is 1.83. The third kappa shape index (κ3) is 2.84. The average molecular weight is 271 g/mol. The van der Waals surface area contributed by atoms with Crippen molar-refractivity contribution in [2.75, 3.05) is 18.8 Å². The number of rotatable bonds is 2. The van der Waals surface area contributed by atoms with Crippen molar-refractivity contribution in [2.45, 2.75) is 24.0 Å². The zero-order valence-electron chi connectivity index (χ0n) is 10.1. The molecule has 0 aromatic heterocycles. The molecule has 0 saturated carbocycles. The fraction of sp³-hybridized carbons (Fsp3) is 0.500. The Balaban J connectivity index is 2.26. The Morgan fingerprint density at radius 1 is 1.29 bits per heavy atom. The maximum absolute atomic E-state index is 12.4. The Hall–Kier alpha value is -0.520. The fourth-order valence-corrected chi connectivity index (χ4v) is 4.62. The quantitative estimate of drug-likeness (QED) is 0.827. The van der Waals surface area contributed by atoms with E-state index in [9.17, 15) is 8.42 Å². The summed E-state index contributed by atoms with van der Waals surface area (Å²) in [5, 5.41) is 0.379. The molecule has 0 bridgehead atoms. The van der Waals surface area contributed by atoms with Crippen LogP contribution in [0.2, 0.25) is 0 Å². The van der Waals surface area contributed by atoms with Gasteiger partial charge in [-0.25, -0.2) is 8.42 Å². The van der Waals surface area contributed by atoms with Gasteiger partial charge in [0, 0.05) is 24.1 Å². The van der Waals surface area contributed by atoms with Gasteiger partial charge in [-0.1, -0.05) is 24.6 Å². The van der Waals surface area contributed by atoms with Crippen LogP contribution in [-0.2, 0) is 10.0 Å². The van der Waals surface area contributed by atoms with Gasteiger partial charge in [-0.15, -0.1) is 0 Å². The first kappa shape index (κ1) is 12.9. The molecule has 2 rings (SSSR count). The molecule has 0 aliphatic carbocycles. The topological polar surface area (TPSA) is 37.4 Å². The van der Waals surface area contributed by atoms with E-state index in [1.54, 1.807) is 16.4 Å². The molecule has 0 radical (unpaired) electrons. The first-order chi connectivity index (χ1) is 8.00. The summed E-state index contributed by atoms with van der Waals surface area (Å²) < 4.78 is 26.3. The second kappa shape index (κ2) is 5.00. The van der Waals surface area contributed by atoms with E-state index in [4.69, 9.17) is 0 Å². The first-order valence-corrected chi connectivity index (χ1v) is 8.17. The van der Waals surface area contributed by atoms with Crippen LogP contribution in [0.5, 0.6) is 0 Å². The zero-order chi connectivity index (χ0) is 12.5. The lowest BCUT2D eigenvalue weighted by atomic mass is 10.2. The lowest BCUT2D eigenvalue weighted by Crippen LogP contribution is -2.40. The van der Waals surface area contributed by atoms with Crippen molar-refractivity contribution in [1.82, 2.24) is 4.31 Å². The zero-order valence-corrected chi connectivity index (χ0v) is 11.7. The van der Waals surface area contributed by atoms with Crippen LogP contribution in [0.25, 0.3) is 0 Å². The molecule has 1 unspecified atom stereocenters. The SMILES string of the molecule is Cc1ccc(S(=O)(=O)N2CCSC(C)C2)cc1. The third-order valence-electron chi connectivity index (χ3n) is 2.86. The van der Waals surface area contributed by atoms with Gasteiger partial charge in [-0.05, 0) is 19.1 Å². The van der Waals surface area contributed by atoms with Crippen molar-refractivity contribution in [1.29, 1.82) is 0 Å². The van der Waals surface area contributed by atoms with Gasteiger partial charge < -0.3 is 0 Å². The average Bonchev–Trinajstić information content (AvgIpc) is 2.29. The van der Waals surface area contributed by atoms with E-state index < -0.39 is 10.0 Å². The van der Waals surface area contributed by atoms with E-state index in [1.807, 2.05) is 30.8 Å². The highest BCUT2D eigenvalue weighted by Crippen LogP contribution is 2.24. The smallest absolute Gasteiger partial charge is 0.207 e. The molecule has 1 saturated heterocycles. The number of hydrogen-bond acceptors (Lipinski definition) is 3. The van der Waals surface area contributed by atoms with Gasteiger partial charge in [0.25, 0.3) is 0 Å². The van der Waals surface area contributed by atoms with Crippen LogP contribution in [0, 0.1) is 6.92 Å². The molecule has 1 aliphatic rings. The van der Waals surface area contributed by atoms with Gasteiger partial charge in [0.1, 0.15) is 0 Å². The number of thioether (sulfide) groups is 1. The molecule has 0 spiro atoms. The number of sulfonamides is 1. The molecule has 1 fully saturated rings. The molecule has 5 heteroatoms. The maximum atomic E-state index is 12.4. The molecule has 1 aliphatic heterocycles. The van der Waals surface area contributed by atoms with Crippen LogP contribution in [-0.4, -0.2) is 36.8 Å². The van der Waals surface area contributed by atoms with Crippen LogP contribution in [0.4, 0.5) is 0 Å². The molecule has 1 atom stereocenters. The number of aryl methyl sites for hydroxylation is 1. The van der Waals surface area contributed by atoms with Crippen molar-refractivity contribution < 1.29 is 8.42 Å². The van der Waals surface area contributed by atoms with Crippen LogP contribution in [0.15, 0.2) is 29.2 Å². The molecule has 17 heavy (non-hydrogen) atoms. The van der Waals surface area contributed by atoms with E-state index in [1.165, 1.54) is 0 Å². The fourth-order valence-electron chi connectivity index (χ4n) is 1.86. The normalized spacial score (nSPS) is 22.6. The molecule has 1 aromatic rings. The summed E-state index contributed by atoms with van der Waals surface area (Å²) in [4.78, 5) is 0.405. The van der Waals surface area contributed by atoms with Crippen LogP contribution in [0.1, 0.15) is 12.5 Å². The molecule has 1 heterocycles. The minimum absolute atomic E-state index is 0.379. The van der Waals surface area contributed by atoms with E-state index in [-0.39, 0.29) is 0 Å². The second-order valence-electron chi connectivity index (χ2n) is 4.36. The van der Waals surface area contributed by atoms with Crippen LogP contribution >= 0.6 is 11.8 Å². The first-order valence-electron chi connectivity index (χ1n) is 5.68. The summed E-state index contributed by atoms with van der Waals surface area (Å²) in [6, 6.07) is 7.07. The number of hydrogen-bond donors (Lipinski definition) is 0. The second-order valence-corrected chi connectivity index (χ2v) is 7.84. The predicted octanol–water partition coefficient (Wildman–Crippen LogP) is 2.12. The predicted molar refractivity (Wildman–Crippen MR) is 71.9 cm³/mol. The Kier molecular flexibility index (Phi) is 3.80. The molecule has 0 N–H and O–H groups in total. The van der Waals surface area contributed by atoms with Gasteiger partial charge >= 0.3 is 0 Å². The molecular weight excluding hydrogens is 254 g/mol. The Bertz CT molecular complexity index is 482. The number of benzene rings is 1. The van der Waals surface area contributed by atoms with Crippen LogP contribution in [0.3, 0.4) is 0 Å². The van der Waals surface area contributed by atoms with Crippen molar-refractivity contribution in [3.63, 3.8) is 0 Å². The lowest BCUT2D eigenvalue weighted by Gasteiger charge is -2.29. The summed E-state index contributed by atoms with van der Waals surface area (Å²) in [5.74, 6) is 0.881. The monoisotopic (exact) mass is 271 g/mol. The summed E-state index contributed by atoms with van der Waals surface area (Å²) in [6.45, 7) is 5.25. The molecule has 94 valence electrons. The Labute approximate surface area is 107 Å². The number of nitrogens with zero attached hydrogens (tertiary/aromatic N) is 1. The lowest BCUT2D eigenvalue weighted by molar-refractivity contribution is 0.424. The standard InChI is InChI=1S/C12H17NO2S2/c1-10-3-5-12(6-4-10)17(14,15)13-7-8-16-11(2)9-13/h3-6,11H,7-9H2,1-2H3. The molecule has 0 amide bonds. The van der Waals surface area contributed by atoms with Crippen LogP contribution < -0.4 is 0 Å². The highest BCUT2D eigenvalue weighted by molar-refractivity contribution is 8.00. The summed E-state index contributed by atoms with van der Waals surface area (Å²) in [5.41, 5.74) is 1.08. The highest BCUT2D eigenvalue weighted by atomic mass is 32.2. The van der Waals surface area contributed by atoms with Crippen molar-refractivity contribution in [3.05, 3.63) is 29.8 Å². The Morgan fingerprint density at radius 3 is 2.53 bits per heavy atom. The maximum Gasteiger partial charge on any atom is 0.243 e. The van der Waals surface area contributed by atoms with Gasteiger partial charge in [-0.2, -0.15) is 16.1 Å². The minimum Gasteiger partial charge on any atom is -0.207 e. The van der Waals surface area contributed by atoms with Crippen molar-refractivity contribution in [3.8, 4) is 0 Å². The largest absolute Gasteiger partial charge is 0.243 e. The minimum atomic E-state index is -3.29. The summed E-state index contributed by atoms with van der Waals surface area (Å²) in [6.07, 6.45) is 0. The molecule has 1 aromatic carbocycles. The summed E-state index contributed by atoms with van der Waals surface area (Å²) in [7, 11) is -3.29. The van der Waals surface area contributed by atoms with Crippen molar-refractivity contribution >= 4 is 21.8 Å². The van der Waals surface area contributed by atoms with E-state index >= 15 is 0 Å².